The van der Waals surface area contributed by atoms with Gasteiger partial charge in [0.25, 0.3) is 0 Å². The van der Waals surface area contributed by atoms with Gasteiger partial charge in [0.15, 0.2) is 0 Å². The van der Waals surface area contributed by atoms with Crippen molar-refractivity contribution in [3.63, 3.8) is 0 Å². The van der Waals surface area contributed by atoms with Gasteiger partial charge < -0.3 is 0 Å². The minimum atomic E-state index is 0.0223. The summed E-state index contributed by atoms with van der Waals surface area (Å²) in [6.07, 6.45) is 2.59. The Morgan fingerprint density at radius 2 is 1.52 bits per heavy atom. The van der Waals surface area contributed by atoms with Crippen LogP contribution in [0.25, 0.3) is 0 Å². The second-order valence-corrected chi connectivity index (χ2v) is 7.82. The zero-order valence-corrected chi connectivity index (χ0v) is 14.2. The molecule has 3 heteroatoms. The van der Waals surface area contributed by atoms with Gasteiger partial charge in [-0.15, -0.1) is 0 Å². The van der Waals surface area contributed by atoms with Crippen molar-refractivity contribution in [2.75, 3.05) is 13.1 Å². The van der Waals surface area contributed by atoms with Crippen LogP contribution in [0.3, 0.4) is 0 Å². The number of hydrogen-bond donors (Lipinski definition) is 2. The summed E-state index contributed by atoms with van der Waals surface area (Å²) in [5.41, 5.74) is 5.89. The van der Waals surface area contributed by atoms with Crippen LogP contribution in [0.2, 0.25) is 0 Å². The molecular formula is C18H31N3. The highest BCUT2D eigenvalue weighted by atomic mass is 15.3. The zero-order valence-electron chi connectivity index (χ0n) is 14.2. The minimum absolute atomic E-state index is 0.0223. The molecule has 1 heterocycles. The Labute approximate surface area is 129 Å². The van der Waals surface area contributed by atoms with E-state index in [1.807, 2.05) is 0 Å². The van der Waals surface area contributed by atoms with Crippen molar-refractivity contribution in [1.29, 1.82) is 0 Å². The van der Waals surface area contributed by atoms with Gasteiger partial charge in [-0.2, -0.15) is 0 Å². The van der Waals surface area contributed by atoms with Gasteiger partial charge in [0.1, 0.15) is 0 Å². The third-order valence-electron chi connectivity index (χ3n) is 4.90. The fourth-order valence-electron chi connectivity index (χ4n) is 3.36. The number of hydrogen-bond acceptors (Lipinski definition) is 3. The number of nitrogens with zero attached hydrogens (tertiary/aromatic N) is 1. The summed E-state index contributed by atoms with van der Waals surface area (Å²) in [5, 5.41) is 0. The molecule has 1 aromatic carbocycles. The molecule has 0 saturated carbocycles. The average Bonchev–Trinajstić information content (AvgIpc) is 2.93. The van der Waals surface area contributed by atoms with Crippen molar-refractivity contribution in [2.45, 2.75) is 64.5 Å². The first-order valence-corrected chi connectivity index (χ1v) is 8.08. The van der Waals surface area contributed by atoms with Crippen LogP contribution in [0.4, 0.5) is 0 Å². The Morgan fingerprint density at radius 3 is 1.95 bits per heavy atom. The maximum Gasteiger partial charge on any atom is 0.0638 e. The molecule has 21 heavy (non-hydrogen) atoms. The van der Waals surface area contributed by atoms with Crippen molar-refractivity contribution in [3.05, 3.63) is 35.4 Å². The van der Waals surface area contributed by atoms with E-state index in [-0.39, 0.29) is 17.0 Å². The Morgan fingerprint density at radius 1 is 1.00 bits per heavy atom. The lowest BCUT2D eigenvalue weighted by Crippen LogP contribution is -2.53. The average molecular weight is 289 g/mol. The highest BCUT2D eigenvalue weighted by Gasteiger charge is 2.37. The molecule has 3 nitrogen and oxygen atoms in total. The molecule has 0 radical (unpaired) electrons. The summed E-state index contributed by atoms with van der Waals surface area (Å²) < 4.78 is 0. The Bertz CT molecular complexity index is 450. The summed E-state index contributed by atoms with van der Waals surface area (Å²) in [7, 11) is 0. The normalized spacial score (nSPS) is 19.0. The molecule has 1 aromatic rings. The monoisotopic (exact) mass is 289 g/mol. The van der Waals surface area contributed by atoms with E-state index < -0.39 is 0 Å². The van der Waals surface area contributed by atoms with Crippen LogP contribution >= 0.6 is 0 Å². The number of rotatable bonds is 4. The largest absolute Gasteiger partial charge is 0.296 e. The van der Waals surface area contributed by atoms with E-state index in [0.717, 1.165) is 0 Å². The van der Waals surface area contributed by atoms with Gasteiger partial charge in [0.05, 0.1) is 6.04 Å². The van der Waals surface area contributed by atoms with Crippen LogP contribution in [0.1, 0.15) is 64.6 Å². The first kappa shape index (κ1) is 16.5. The van der Waals surface area contributed by atoms with E-state index in [9.17, 15) is 0 Å². The van der Waals surface area contributed by atoms with Crippen molar-refractivity contribution in [2.24, 2.45) is 5.84 Å². The van der Waals surface area contributed by atoms with Crippen LogP contribution < -0.4 is 11.3 Å². The highest BCUT2D eigenvalue weighted by molar-refractivity contribution is 5.30. The summed E-state index contributed by atoms with van der Waals surface area (Å²) in [6, 6.07) is 9.07. The molecule has 0 aromatic heterocycles. The Hall–Kier alpha value is -0.900. The zero-order chi connectivity index (χ0) is 15.7. The lowest BCUT2D eigenvalue weighted by Gasteiger charge is -2.42. The van der Waals surface area contributed by atoms with E-state index >= 15 is 0 Å². The van der Waals surface area contributed by atoms with Crippen molar-refractivity contribution in [3.8, 4) is 0 Å². The molecule has 2 rings (SSSR count). The van der Waals surface area contributed by atoms with Crippen LogP contribution in [0.15, 0.2) is 24.3 Å². The quantitative estimate of drug-likeness (QED) is 0.659. The van der Waals surface area contributed by atoms with E-state index in [0.29, 0.717) is 0 Å². The molecule has 0 aliphatic carbocycles. The molecule has 1 aliphatic heterocycles. The summed E-state index contributed by atoms with van der Waals surface area (Å²) >= 11 is 0. The van der Waals surface area contributed by atoms with Gasteiger partial charge in [0, 0.05) is 5.54 Å². The summed E-state index contributed by atoms with van der Waals surface area (Å²) in [5.74, 6) is 5.91. The minimum Gasteiger partial charge on any atom is -0.296 e. The molecule has 3 N–H and O–H groups in total. The van der Waals surface area contributed by atoms with Gasteiger partial charge in [-0.3, -0.25) is 16.2 Å². The Balaban J connectivity index is 2.24. The second kappa shape index (κ2) is 6.07. The first-order valence-electron chi connectivity index (χ1n) is 8.08. The molecule has 0 spiro atoms. The number of nitrogens with two attached hydrogens (primary N) is 1. The molecule has 1 aliphatic rings. The number of benzene rings is 1. The van der Waals surface area contributed by atoms with Crippen molar-refractivity contribution >= 4 is 0 Å². The molecule has 1 fully saturated rings. The third-order valence-corrected chi connectivity index (χ3v) is 4.90. The maximum atomic E-state index is 5.91. The number of likely N-dealkylation sites (tertiary alicyclic amines) is 1. The second-order valence-electron chi connectivity index (χ2n) is 7.82. The van der Waals surface area contributed by atoms with Crippen LogP contribution in [-0.2, 0) is 5.41 Å². The fourth-order valence-corrected chi connectivity index (χ4v) is 3.36. The predicted octanol–water partition coefficient (Wildman–Crippen LogP) is 3.36. The summed E-state index contributed by atoms with van der Waals surface area (Å²) in [6.45, 7) is 13.7. The van der Waals surface area contributed by atoms with E-state index in [1.165, 1.54) is 37.1 Å². The van der Waals surface area contributed by atoms with Gasteiger partial charge >= 0.3 is 0 Å². The van der Waals surface area contributed by atoms with Crippen molar-refractivity contribution in [1.82, 2.24) is 10.3 Å². The molecule has 1 unspecified atom stereocenters. The smallest absolute Gasteiger partial charge is 0.0638 e. The van der Waals surface area contributed by atoms with Crippen LogP contribution in [-0.4, -0.2) is 23.5 Å². The Kier molecular flexibility index (Phi) is 4.76. The fraction of sp³-hybridized carbons (Fsp3) is 0.667. The molecule has 0 amide bonds. The van der Waals surface area contributed by atoms with Gasteiger partial charge in [0.2, 0.25) is 0 Å². The lowest BCUT2D eigenvalue weighted by molar-refractivity contribution is 0.107. The third kappa shape index (κ3) is 3.47. The maximum absolute atomic E-state index is 5.91. The first-order chi connectivity index (χ1) is 9.76. The van der Waals surface area contributed by atoms with E-state index in [2.05, 4.69) is 69.2 Å². The predicted molar refractivity (Wildman–Crippen MR) is 90.1 cm³/mol. The number of hydrazine groups is 1. The van der Waals surface area contributed by atoms with Gasteiger partial charge in [-0.1, -0.05) is 45.0 Å². The molecule has 1 atom stereocenters. The van der Waals surface area contributed by atoms with Crippen molar-refractivity contribution < 1.29 is 0 Å². The van der Waals surface area contributed by atoms with E-state index in [1.54, 1.807) is 0 Å². The van der Waals surface area contributed by atoms with Crippen LogP contribution in [0, 0.1) is 0 Å². The van der Waals surface area contributed by atoms with Gasteiger partial charge in [-0.25, -0.2) is 0 Å². The summed E-state index contributed by atoms with van der Waals surface area (Å²) in [4.78, 5) is 2.55. The topological polar surface area (TPSA) is 41.3 Å². The van der Waals surface area contributed by atoms with Gasteiger partial charge in [-0.05, 0) is 56.3 Å². The SMILES string of the molecule is CC(C)(C)c1ccc(C(NN)C(C)(C)N2CCCC2)cc1. The molecular weight excluding hydrogens is 258 g/mol. The van der Waals surface area contributed by atoms with E-state index in [4.69, 9.17) is 5.84 Å². The molecule has 0 bridgehead atoms. The standard InChI is InChI=1S/C18H31N3/c1-17(2,3)15-10-8-14(9-11-15)16(20-19)18(4,5)21-12-6-7-13-21/h8-11,16,20H,6-7,12-13,19H2,1-5H3. The highest BCUT2D eigenvalue weighted by Crippen LogP contribution is 2.34. The molecule has 1 saturated heterocycles. The lowest BCUT2D eigenvalue weighted by atomic mass is 9.83. The van der Waals surface area contributed by atoms with Crippen LogP contribution in [0.5, 0.6) is 0 Å². The molecule has 118 valence electrons. The number of nitrogens with one attached hydrogen (secondary N) is 1.